The van der Waals surface area contributed by atoms with Crippen LogP contribution in [-0.4, -0.2) is 29.9 Å². The lowest BCUT2D eigenvalue weighted by Gasteiger charge is -2.37. The molecule has 206 valence electrons. The Hall–Kier alpha value is -3.31. The summed E-state index contributed by atoms with van der Waals surface area (Å²) in [6, 6.07) is 18.3. The number of nitrogens with zero attached hydrogens (tertiary/aromatic N) is 2. The topological polar surface area (TPSA) is 56.1 Å². The molecule has 1 aliphatic carbocycles. The molecule has 4 aromatic rings. The van der Waals surface area contributed by atoms with Crippen LogP contribution < -0.4 is 5.32 Å². The normalized spacial score (nSPS) is 17.1. The molecule has 8 heteroatoms. The van der Waals surface area contributed by atoms with E-state index in [-0.39, 0.29) is 31.9 Å². The number of carbonyl (C=O) groups is 1. The zero-order chi connectivity index (χ0) is 28.4. The number of carbonyl (C=O) groups excluding carboxylic acids is 1. The summed E-state index contributed by atoms with van der Waals surface area (Å²) in [7, 11) is 1.95. The maximum atomic E-state index is 14.7. The van der Waals surface area contributed by atoms with Crippen molar-refractivity contribution < 1.29 is 13.6 Å². The highest BCUT2D eigenvalue weighted by Gasteiger charge is 2.33. The Morgan fingerprint density at radius 3 is 2.45 bits per heavy atom. The fourth-order valence-corrected chi connectivity index (χ4v) is 7.16. The average Bonchev–Trinajstić information content (AvgIpc) is 3.35. The van der Waals surface area contributed by atoms with Gasteiger partial charge in [-0.05, 0) is 91.7 Å². The van der Waals surface area contributed by atoms with Crippen molar-refractivity contribution in [3.63, 3.8) is 0 Å². The van der Waals surface area contributed by atoms with Crippen molar-refractivity contribution in [2.24, 2.45) is 0 Å². The summed E-state index contributed by atoms with van der Waals surface area (Å²) >= 11 is 7.49. The van der Waals surface area contributed by atoms with Crippen LogP contribution in [-0.2, 0) is 13.0 Å². The van der Waals surface area contributed by atoms with Crippen LogP contribution >= 0.6 is 22.9 Å². The van der Waals surface area contributed by atoms with Crippen LogP contribution in [0, 0.1) is 23.0 Å². The van der Waals surface area contributed by atoms with Crippen molar-refractivity contribution in [3.05, 3.63) is 92.8 Å². The standard InChI is InChI=1S/C32H30ClF2N3OS/c1-3-20-7-8-22(21-6-4-5-19(15-21)17-36)16-23(20)18-38(25-11-9-24(37-2)10-12-25)32(39)31-29(33)28-26(34)13-14-27(35)30(28)40-31/h4-8,13-16,24-25,37H,3,9-12,18H2,1-2H3/t24-,25-. The van der Waals surface area contributed by atoms with Crippen molar-refractivity contribution in [1.29, 1.82) is 5.26 Å². The Labute approximate surface area is 242 Å². The number of benzene rings is 3. The van der Waals surface area contributed by atoms with Crippen LogP contribution in [0.2, 0.25) is 5.02 Å². The monoisotopic (exact) mass is 577 g/mol. The molecule has 5 rings (SSSR count). The third-order valence-electron chi connectivity index (χ3n) is 7.94. The van der Waals surface area contributed by atoms with E-state index < -0.39 is 11.6 Å². The van der Waals surface area contributed by atoms with Crippen molar-refractivity contribution in [1.82, 2.24) is 10.2 Å². The molecular formula is C32H30ClF2N3OS. The molecule has 4 nitrogen and oxygen atoms in total. The van der Waals surface area contributed by atoms with Crippen molar-refractivity contribution >= 4 is 38.9 Å². The minimum atomic E-state index is -0.640. The van der Waals surface area contributed by atoms with Crippen LogP contribution in [0.1, 0.15) is 59.0 Å². The largest absolute Gasteiger partial charge is 0.331 e. The van der Waals surface area contributed by atoms with E-state index in [0.29, 0.717) is 18.2 Å². The molecule has 0 atom stereocenters. The smallest absolute Gasteiger partial charge is 0.266 e. The number of rotatable bonds is 7. The maximum Gasteiger partial charge on any atom is 0.266 e. The Balaban J connectivity index is 1.56. The number of amides is 1. The van der Waals surface area contributed by atoms with E-state index in [1.54, 1.807) is 6.07 Å². The first-order valence-electron chi connectivity index (χ1n) is 13.5. The lowest BCUT2D eigenvalue weighted by atomic mass is 9.89. The number of hydrogen-bond donors (Lipinski definition) is 1. The zero-order valence-electron chi connectivity index (χ0n) is 22.4. The Morgan fingerprint density at radius 2 is 1.77 bits per heavy atom. The molecule has 1 heterocycles. The molecule has 0 bridgehead atoms. The molecule has 1 N–H and O–H groups in total. The molecule has 0 spiro atoms. The van der Waals surface area contributed by atoms with Gasteiger partial charge in [-0.15, -0.1) is 11.3 Å². The third kappa shape index (κ3) is 5.49. The molecule has 0 radical (unpaired) electrons. The van der Waals surface area contributed by atoms with Crippen LogP contribution in [0.3, 0.4) is 0 Å². The first kappa shape index (κ1) is 28.2. The van der Waals surface area contributed by atoms with Gasteiger partial charge in [0.15, 0.2) is 0 Å². The number of hydrogen-bond acceptors (Lipinski definition) is 4. The van der Waals surface area contributed by atoms with Gasteiger partial charge in [0.25, 0.3) is 5.91 Å². The molecule has 0 unspecified atom stereocenters. The first-order valence-corrected chi connectivity index (χ1v) is 14.7. The highest BCUT2D eigenvalue weighted by molar-refractivity contribution is 7.21. The summed E-state index contributed by atoms with van der Waals surface area (Å²) in [5, 5.41) is 12.6. The molecule has 1 saturated carbocycles. The lowest BCUT2D eigenvalue weighted by Crippen LogP contribution is -2.44. The number of nitrogens with one attached hydrogen (secondary N) is 1. The number of thiophene rings is 1. The van der Waals surface area contributed by atoms with Crippen LogP contribution in [0.15, 0.2) is 54.6 Å². The average molecular weight is 578 g/mol. The second-order valence-corrected chi connectivity index (χ2v) is 11.6. The van der Waals surface area contributed by atoms with E-state index in [1.807, 2.05) is 36.2 Å². The minimum absolute atomic E-state index is 0.0336. The molecule has 3 aromatic carbocycles. The van der Waals surface area contributed by atoms with Gasteiger partial charge in [0.05, 0.1) is 26.7 Å². The lowest BCUT2D eigenvalue weighted by molar-refractivity contribution is 0.0606. The van der Waals surface area contributed by atoms with E-state index in [1.165, 1.54) is 0 Å². The number of halogens is 3. The van der Waals surface area contributed by atoms with E-state index >= 15 is 0 Å². The molecule has 0 aliphatic heterocycles. The molecule has 1 aromatic heterocycles. The van der Waals surface area contributed by atoms with Gasteiger partial charge in [-0.1, -0.05) is 42.8 Å². The van der Waals surface area contributed by atoms with Gasteiger partial charge in [-0.2, -0.15) is 5.26 Å². The fraction of sp³-hybridized carbons (Fsp3) is 0.312. The van der Waals surface area contributed by atoms with E-state index in [4.69, 9.17) is 11.6 Å². The zero-order valence-corrected chi connectivity index (χ0v) is 24.0. The summed E-state index contributed by atoms with van der Waals surface area (Å²) in [6.07, 6.45) is 4.26. The number of aryl methyl sites for hydroxylation is 1. The Morgan fingerprint density at radius 1 is 1.05 bits per heavy atom. The van der Waals surface area contributed by atoms with Crippen molar-refractivity contribution in [2.75, 3.05) is 7.05 Å². The van der Waals surface area contributed by atoms with Crippen LogP contribution in [0.4, 0.5) is 8.78 Å². The van der Waals surface area contributed by atoms with Crippen LogP contribution in [0.5, 0.6) is 0 Å². The van der Waals surface area contributed by atoms with Crippen molar-refractivity contribution in [2.45, 2.75) is 57.7 Å². The van der Waals surface area contributed by atoms with Crippen molar-refractivity contribution in [3.8, 4) is 17.2 Å². The summed E-state index contributed by atoms with van der Waals surface area (Å²) in [5.74, 6) is -1.54. The maximum absolute atomic E-state index is 14.7. The summed E-state index contributed by atoms with van der Waals surface area (Å²) in [5.41, 5.74) is 4.58. The molecule has 1 fully saturated rings. The summed E-state index contributed by atoms with van der Waals surface area (Å²) in [6.45, 7) is 2.42. The molecule has 40 heavy (non-hydrogen) atoms. The van der Waals surface area contributed by atoms with Crippen LogP contribution in [0.25, 0.3) is 21.2 Å². The third-order valence-corrected chi connectivity index (χ3v) is 9.61. The SMILES string of the molecule is CCc1ccc(-c2cccc(C#N)c2)cc1CN(C(=O)c1sc2c(F)ccc(F)c2c1Cl)[C@H]1CC[C@H](NC)CC1. The molecule has 1 amide bonds. The van der Waals surface area contributed by atoms with Gasteiger partial charge in [-0.25, -0.2) is 8.78 Å². The van der Waals surface area contributed by atoms with Gasteiger partial charge in [0.2, 0.25) is 0 Å². The molecule has 0 saturated heterocycles. The predicted octanol–water partition coefficient (Wildman–Crippen LogP) is 8.11. The van der Waals surface area contributed by atoms with Gasteiger partial charge < -0.3 is 10.2 Å². The Bertz CT molecular complexity index is 1600. The Kier molecular flexibility index (Phi) is 8.51. The number of fused-ring (bicyclic) bond motifs is 1. The minimum Gasteiger partial charge on any atom is -0.331 e. The van der Waals surface area contributed by atoms with Gasteiger partial charge in [-0.3, -0.25) is 4.79 Å². The number of nitriles is 1. The summed E-state index contributed by atoms with van der Waals surface area (Å²) < 4.78 is 29.3. The van der Waals surface area contributed by atoms with E-state index in [2.05, 4.69) is 30.4 Å². The first-order chi connectivity index (χ1) is 19.3. The molecule has 1 aliphatic rings. The fourth-order valence-electron chi connectivity index (χ4n) is 5.66. The summed E-state index contributed by atoms with van der Waals surface area (Å²) in [4.78, 5) is 16.2. The second kappa shape index (κ2) is 12.1. The van der Waals surface area contributed by atoms with Gasteiger partial charge in [0, 0.05) is 18.6 Å². The quantitative estimate of drug-likeness (QED) is 0.241. The van der Waals surface area contributed by atoms with E-state index in [0.717, 1.165) is 77.8 Å². The highest BCUT2D eigenvalue weighted by atomic mass is 35.5. The second-order valence-electron chi connectivity index (χ2n) is 10.2. The highest BCUT2D eigenvalue weighted by Crippen LogP contribution is 2.40. The van der Waals surface area contributed by atoms with E-state index in [9.17, 15) is 18.8 Å². The van der Waals surface area contributed by atoms with Gasteiger partial charge >= 0.3 is 0 Å². The van der Waals surface area contributed by atoms with Gasteiger partial charge in [0.1, 0.15) is 16.5 Å². The molecular weight excluding hydrogens is 548 g/mol. The predicted molar refractivity (Wildman–Crippen MR) is 158 cm³/mol.